The molecule has 1 heterocycles. The molecule has 1 aliphatic heterocycles. The van der Waals surface area contributed by atoms with Crippen LogP contribution in [0.15, 0.2) is 0 Å². The molecule has 0 spiro atoms. The van der Waals surface area contributed by atoms with Gasteiger partial charge in [0.05, 0.1) is 6.61 Å². The molecule has 2 amide bonds. The molecule has 1 saturated heterocycles. The van der Waals surface area contributed by atoms with Gasteiger partial charge >= 0.3 is 12.2 Å². The molecule has 0 aromatic carbocycles. The number of rotatable bonds is 1. The van der Waals surface area contributed by atoms with E-state index < -0.39 is 5.60 Å². The van der Waals surface area contributed by atoms with Gasteiger partial charge in [-0.2, -0.15) is 0 Å². The normalized spacial score (nSPS) is 16.4. The summed E-state index contributed by atoms with van der Waals surface area (Å²) < 4.78 is 10.2. The highest BCUT2D eigenvalue weighted by Crippen LogP contribution is 2.12. The highest BCUT2D eigenvalue weighted by atomic mass is 16.6. The molecule has 6 heteroatoms. The second kappa shape index (κ2) is 5.93. The fourth-order valence-electron chi connectivity index (χ4n) is 1.61. The van der Waals surface area contributed by atoms with Crippen LogP contribution >= 0.6 is 0 Å². The van der Waals surface area contributed by atoms with Gasteiger partial charge in [0.2, 0.25) is 0 Å². The van der Waals surface area contributed by atoms with Crippen molar-refractivity contribution < 1.29 is 19.1 Å². The Kier molecular flexibility index (Phi) is 4.81. The summed E-state index contributed by atoms with van der Waals surface area (Å²) in [5.74, 6) is 0. The summed E-state index contributed by atoms with van der Waals surface area (Å²) in [4.78, 5) is 26.5. The maximum absolute atomic E-state index is 11.8. The van der Waals surface area contributed by atoms with Crippen molar-refractivity contribution in [1.29, 1.82) is 0 Å². The van der Waals surface area contributed by atoms with Gasteiger partial charge in [0.1, 0.15) is 5.60 Å². The second-order valence-electron chi connectivity index (χ2n) is 5.15. The zero-order valence-corrected chi connectivity index (χ0v) is 11.6. The standard InChI is InChI=1S/C12H22N2O4/c1-5-17-10(15)13-6-8-14(9-7-13)11(16)18-12(2,3)4/h5-9H2,1-4H3. The average Bonchev–Trinajstić information content (AvgIpc) is 2.27. The van der Waals surface area contributed by atoms with Crippen molar-refractivity contribution in [2.75, 3.05) is 32.8 Å². The first-order valence-electron chi connectivity index (χ1n) is 6.23. The summed E-state index contributed by atoms with van der Waals surface area (Å²) in [6.07, 6.45) is -0.646. The molecule has 0 unspecified atom stereocenters. The smallest absolute Gasteiger partial charge is 0.410 e. The van der Waals surface area contributed by atoms with Crippen molar-refractivity contribution in [1.82, 2.24) is 9.80 Å². The molecule has 0 aromatic heterocycles. The number of hydrogen-bond acceptors (Lipinski definition) is 4. The lowest BCUT2D eigenvalue weighted by Crippen LogP contribution is -2.51. The van der Waals surface area contributed by atoms with E-state index in [-0.39, 0.29) is 12.2 Å². The largest absolute Gasteiger partial charge is 0.450 e. The van der Waals surface area contributed by atoms with Crippen molar-refractivity contribution in [3.8, 4) is 0 Å². The molecule has 1 aliphatic rings. The number of hydrogen-bond donors (Lipinski definition) is 0. The van der Waals surface area contributed by atoms with E-state index in [1.807, 2.05) is 20.8 Å². The van der Waals surface area contributed by atoms with Gasteiger partial charge in [-0.05, 0) is 27.7 Å². The predicted molar refractivity (Wildman–Crippen MR) is 66.4 cm³/mol. The minimum absolute atomic E-state index is 0.318. The van der Waals surface area contributed by atoms with E-state index in [1.54, 1.807) is 16.7 Å². The molecule has 6 nitrogen and oxygen atoms in total. The lowest BCUT2D eigenvalue weighted by Gasteiger charge is -2.34. The Bertz CT molecular complexity index is 304. The summed E-state index contributed by atoms with van der Waals surface area (Å²) in [6.45, 7) is 9.57. The van der Waals surface area contributed by atoms with Crippen LogP contribution in [0.2, 0.25) is 0 Å². The van der Waals surface area contributed by atoms with Gasteiger partial charge in [0, 0.05) is 26.2 Å². The zero-order valence-electron chi connectivity index (χ0n) is 11.6. The molecule has 0 bridgehead atoms. The third kappa shape index (κ3) is 4.43. The Labute approximate surface area is 108 Å². The highest BCUT2D eigenvalue weighted by molar-refractivity contribution is 5.70. The van der Waals surface area contributed by atoms with Crippen molar-refractivity contribution in [3.63, 3.8) is 0 Å². The Morgan fingerprint density at radius 2 is 1.44 bits per heavy atom. The van der Waals surface area contributed by atoms with Crippen molar-refractivity contribution >= 4 is 12.2 Å². The molecule has 1 fully saturated rings. The van der Waals surface area contributed by atoms with Gasteiger partial charge in [-0.3, -0.25) is 0 Å². The Hall–Kier alpha value is -1.46. The lowest BCUT2D eigenvalue weighted by atomic mass is 10.2. The summed E-state index contributed by atoms with van der Waals surface area (Å²) in [5.41, 5.74) is -0.491. The number of piperazine rings is 1. The van der Waals surface area contributed by atoms with E-state index in [4.69, 9.17) is 9.47 Å². The first-order chi connectivity index (χ1) is 8.33. The minimum Gasteiger partial charge on any atom is -0.450 e. The predicted octanol–water partition coefficient (Wildman–Crippen LogP) is 1.70. The van der Waals surface area contributed by atoms with E-state index in [9.17, 15) is 9.59 Å². The van der Waals surface area contributed by atoms with Crippen LogP contribution < -0.4 is 0 Å². The quantitative estimate of drug-likeness (QED) is 0.718. The minimum atomic E-state index is -0.491. The topological polar surface area (TPSA) is 59.1 Å². The monoisotopic (exact) mass is 258 g/mol. The molecule has 0 atom stereocenters. The Balaban J connectivity index is 2.39. The number of nitrogens with zero attached hydrogens (tertiary/aromatic N) is 2. The first-order valence-corrected chi connectivity index (χ1v) is 6.23. The van der Waals surface area contributed by atoms with E-state index in [1.165, 1.54) is 0 Å². The molecule has 0 aromatic rings. The van der Waals surface area contributed by atoms with E-state index >= 15 is 0 Å². The molecule has 0 radical (unpaired) electrons. The van der Waals surface area contributed by atoms with E-state index in [0.29, 0.717) is 32.8 Å². The Morgan fingerprint density at radius 3 is 1.83 bits per heavy atom. The number of amides is 2. The molecular formula is C12H22N2O4. The van der Waals surface area contributed by atoms with Crippen LogP contribution in [0.5, 0.6) is 0 Å². The first kappa shape index (κ1) is 14.6. The molecular weight excluding hydrogens is 236 g/mol. The van der Waals surface area contributed by atoms with Crippen molar-refractivity contribution in [3.05, 3.63) is 0 Å². The highest BCUT2D eigenvalue weighted by Gasteiger charge is 2.27. The van der Waals surface area contributed by atoms with Crippen molar-refractivity contribution in [2.24, 2.45) is 0 Å². The second-order valence-corrected chi connectivity index (χ2v) is 5.15. The SMILES string of the molecule is CCOC(=O)N1CCN(C(=O)OC(C)(C)C)CC1. The van der Waals surface area contributed by atoms with E-state index in [2.05, 4.69) is 0 Å². The zero-order chi connectivity index (χ0) is 13.8. The van der Waals surface area contributed by atoms with Crippen LogP contribution in [0.1, 0.15) is 27.7 Å². The molecule has 18 heavy (non-hydrogen) atoms. The lowest BCUT2D eigenvalue weighted by molar-refractivity contribution is 0.0132. The van der Waals surface area contributed by atoms with Gasteiger partial charge in [0.25, 0.3) is 0 Å². The fraction of sp³-hybridized carbons (Fsp3) is 0.833. The molecule has 1 rings (SSSR count). The number of carbonyl (C=O) groups excluding carboxylic acids is 2. The van der Waals surface area contributed by atoms with Crippen LogP contribution in [0.4, 0.5) is 9.59 Å². The summed E-state index contributed by atoms with van der Waals surface area (Å²) in [7, 11) is 0. The summed E-state index contributed by atoms with van der Waals surface area (Å²) in [6, 6.07) is 0. The van der Waals surface area contributed by atoms with Gasteiger partial charge in [-0.15, -0.1) is 0 Å². The maximum atomic E-state index is 11.8. The average molecular weight is 258 g/mol. The summed E-state index contributed by atoms with van der Waals surface area (Å²) >= 11 is 0. The maximum Gasteiger partial charge on any atom is 0.410 e. The third-order valence-corrected chi connectivity index (χ3v) is 2.46. The fourth-order valence-corrected chi connectivity index (χ4v) is 1.61. The molecule has 0 aliphatic carbocycles. The number of ether oxygens (including phenoxy) is 2. The molecule has 104 valence electrons. The van der Waals surface area contributed by atoms with Gasteiger partial charge in [-0.1, -0.05) is 0 Å². The van der Waals surface area contributed by atoms with Crippen molar-refractivity contribution in [2.45, 2.75) is 33.3 Å². The van der Waals surface area contributed by atoms with Gasteiger partial charge in [0.15, 0.2) is 0 Å². The number of carbonyl (C=O) groups is 2. The van der Waals surface area contributed by atoms with Gasteiger partial charge < -0.3 is 19.3 Å². The van der Waals surface area contributed by atoms with Gasteiger partial charge in [-0.25, -0.2) is 9.59 Å². The molecule has 0 N–H and O–H groups in total. The molecule has 0 saturated carbocycles. The van der Waals surface area contributed by atoms with E-state index in [0.717, 1.165) is 0 Å². The van der Waals surface area contributed by atoms with Crippen LogP contribution in [0, 0.1) is 0 Å². The van der Waals surface area contributed by atoms with Crippen LogP contribution in [0.3, 0.4) is 0 Å². The summed E-state index contributed by atoms with van der Waals surface area (Å²) in [5, 5.41) is 0. The van der Waals surface area contributed by atoms with Crippen LogP contribution in [-0.2, 0) is 9.47 Å². The third-order valence-electron chi connectivity index (χ3n) is 2.46. The Morgan fingerprint density at radius 1 is 1.00 bits per heavy atom. The van der Waals surface area contributed by atoms with Crippen LogP contribution in [0.25, 0.3) is 0 Å². The van der Waals surface area contributed by atoms with Crippen LogP contribution in [-0.4, -0.2) is 60.4 Å².